The lowest BCUT2D eigenvalue weighted by Crippen LogP contribution is -2.32. The zero-order chi connectivity index (χ0) is 17.4. The van der Waals surface area contributed by atoms with Crippen molar-refractivity contribution < 1.29 is 0 Å². The van der Waals surface area contributed by atoms with Gasteiger partial charge >= 0.3 is 0 Å². The van der Waals surface area contributed by atoms with Crippen LogP contribution in [0.2, 0.25) is 0 Å². The van der Waals surface area contributed by atoms with Gasteiger partial charge in [-0.1, -0.05) is 50.1 Å². The highest BCUT2D eigenvalue weighted by Gasteiger charge is 2.15. The largest absolute Gasteiger partial charge is 0.370 e. The maximum absolute atomic E-state index is 4.75. The molecular weight excluding hydrogens is 296 g/mol. The number of benzene rings is 1. The summed E-state index contributed by atoms with van der Waals surface area (Å²) in [6.45, 7) is 10.4. The molecule has 0 saturated carbocycles. The van der Waals surface area contributed by atoms with Crippen molar-refractivity contribution in [1.29, 1.82) is 0 Å². The van der Waals surface area contributed by atoms with Crippen LogP contribution in [-0.4, -0.2) is 22.6 Å². The molecule has 130 valence electrons. The van der Waals surface area contributed by atoms with Crippen molar-refractivity contribution in [3.63, 3.8) is 0 Å². The Kier molecular flexibility index (Phi) is 7.04. The van der Waals surface area contributed by atoms with E-state index in [0.29, 0.717) is 6.04 Å². The van der Waals surface area contributed by atoms with Crippen molar-refractivity contribution in [3.8, 4) is 0 Å². The van der Waals surface area contributed by atoms with Gasteiger partial charge in [0.05, 0.1) is 0 Å². The second-order valence-electron chi connectivity index (χ2n) is 6.54. The fourth-order valence-electron chi connectivity index (χ4n) is 2.63. The van der Waals surface area contributed by atoms with E-state index in [0.717, 1.165) is 30.5 Å². The summed E-state index contributed by atoms with van der Waals surface area (Å²) >= 11 is 0. The predicted molar refractivity (Wildman–Crippen MR) is 103 cm³/mol. The molecular formula is C20H30N4. The molecule has 0 aliphatic heterocycles. The maximum atomic E-state index is 4.75. The molecule has 0 bridgehead atoms. The van der Waals surface area contributed by atoms with Crippen LogP contribution in [0.3, 0.4) is 0 Å². The van der Waals surface area contributed by atoms with Gasteiger partial charge in [0.2, 0.25) is 5.95 Å². The zero-order valence-electron chi connectivity index (χ0n) is 15.4. The standard InChI is InChI=1S/C20H30N4/c1-5-6-10-13-21-19-14-17(4)22-20(23-19)24(16(2)3)15-18-11-8-7-9-12-18/h7-9,11-12,14,16H,5-6,10,13,15H2,1-4H3,(H,21,22,23). The molecule has 0 spiro atoms. The van der Waals surface area contributed by atoms with Crippen molar-refractivity contribution >= 4 is 11.8 Å². The lowest BCUT2D eigenvalue weighted by molar-refractivity contribution is 0.659. The van der Waals surface area contributed by atoms with Gasteiger partial charge < -0.3 is 10.2 Å². The Morgan fingerprint density at radius 2 is 1.83 bits per heavy atom. The topological polar surface area (TPSA) is 41.1 Å². The molecule has 2 rings (SSSR count). The first-order valence-corrected chi connectivity index (χ1v) is 9.00. The first kappa shape index (κ1) is 18.2. The lowest BCUT2D eigenvalue weighted by atomic mass is 10.2. The number of unbranched alkanes of at least 4 members (excludes halogenated alkanes) is 2. The van der Waals surface area contributed by atoms with Crippen LogP contribution < -0.4 is 10.2 Å². The number of aromatic nitrogens is 2. The molecule has 0 saturated heterocycles. The van der Waals surface area contributed by atoms with E-state index in [-0.39, 0.29) is 0 Å². The minimum atomic E-state index is 0.333. The van der Waals surface area contributed by atoms with Crippen molar-refractivity contribution in [2.24, 2.45) is 0 Å². The summed E-state index contributed by atoms with van der Waals surface area (Å²) in [6, 6.07) is 12.8. The highest BCUT2D eigenvalue weighted by Crippen LogP contribution is 2.19. The summed E-state index contributed by atoms with van der Waals surface area (Å²) in [5.41, 5.74) is 2.27. The number of nitrogens with one attached hydrogen (secondary N) is 1. The average molecular weight is 326 g/mol. The Labute approximate surface area is 146 Å². The third kappa shape index (κ3) is 5.52. The summed E-state index contributed by atoms with van der Waals surface area (Å²) in [7, 11) is 0. The quantitative estimate of drug-likeness (QED) is 0.672. The van der Waals surface area contributed by atoms with E-state index in [9.17, 15) is 0 Å². The molecule has 24 heavy (non-hydrogen) atoms. The van der Waals surface area contributed by atoms with Gasteiger partial charge in [-0.2, -0.15) is 4.98 Å². The molecule has 0 fully saturated rings. The molecule has 0 unspecified atom stereocenters. The van der Waals surface area contributed by atoms with Crippen molar-refractivity contribution in [2.45, 2.75) is 59.5 Å². The molecule has 0 amide bonds. The third-order valence-electron chi connectivity index (χ3n) is 4.00. The van der Waals surface area contributed by atoms with Gasteiger partial charge in [0.1, 0.15) is 5.82 Å². The van der Waals surface area contributed by atoms with E-state index in [1.807, 2.05) is 19.1 Å². The van der Waals surface area contributed by atoms with Crippen molar-refractivity contribution in [3.05, 3.63) is 47.7 Å². The van der Waals surface area contributed by atoms with Gasteiger partial charge in [0, 0.05) is 30.9 Å². The highest BCUT2D eigenvalue weighted by atomic mass is 15.3. The number of rotatable bonds is 9. The molecule has 0 aliphatic carbocycles. The molecule has 4 nitrogen and oxygen atoms in total. The van der Waals surface area contributed by atoms with Crippen LogP contribution in [0.25, 0.3) is 0 Å². The van der Waals surface area contributed by atoms with Crippen LogP contribution in [0.15, 0.2) is 36.4 Å². The SMILES string of the molecule is CCCCCNc1cc(C)nc(N(Cc2ccccc2)C(C)C)n1. The maximum Gasteiger partial charge on any atom is 0.228 e. The number of hydrogen-bond acceptors (Lipinski definition) is 4. The monoisotopic (exact) mass is 326 g/mol. The van der Waals surface area contributed by atoms with Crippen LogP contribution in [0.5, 0.6) is 0 Å². The highest BCUT2D eigenvalue weighted by molar-refractivity contribution is 5.44. The van der Waals surface area contributed by atoms with Crippen LogP contribution in [-0.2, 0) is 6.54 Å². The second-order valence-corrected chi connectivity index (χ2v) is 6.54. The van der Waals surface area contributed by atoms with E-state index >= 15 is 0 Å². The van der Waals surface area contributed by atoms with E-state index in [2.05, 4.69) is 60.2 Å². The average Bonchev–Trinajstić information content (AvgIpc) is 2.57. The molecule has 0 radical (unpaired) electrons. The van der Waals surface area contributed by atoms with E-state index in [1.54, 1.807) is 0 Å². The van der Waals surface area contributed by atoms with Crippen molar-refractivity contribution in [1.82, 2.24) is 9.97 Å². The molecule has 2 aromatic rings. The van der Waals surface area contributed by atoms with Crippen LogP contribution in [0, 0.1) is 6.92 Å². The number of nitrogens with zero attached hydrogens (tertiary/aromatic N) is 3. The molecule has 1 heterocycles. The minimum Gasteiger partial charge on any atom is -0.370 e. The fourth-order valence-corrected chi connectivity index (χ4v) is 2.63. The molecule has 1 aromatic carbocycles. The summed E-state index contributed by atoms with van der Waals surface area (Å²) < 4.78 is 0. The number of aryl methyl sites for hydroxylation is 1. The first-order chi connectivity index (χ1) is 11.6. The summed E-state index contributed by atoms with van der Waals surface area (Å²) in [5.74, 6) is 1.72. The van der Waals surface area contributed by atoms with Gasteiger partial charge in [-0.15, -0.1) is 0 Å². The summed E-state index contributed by atoms with van der Waals surface area (Å²) in [6.07, 6.45) is 3.65. The van der Waals surface area contributed by atoms with Crippen LogP contribution in [0.4, 0.5) is 11.8 Å². The van der Waals surface area contributed by atoms with Gasteiger partial charge in [-0.25, -0.2) is 4.98 Å². The lowest BCUT2D eigenvalue weighted by Gasteiger charge is -2.27. The Balaban J connectivity index is 2.15. The Morgan fingerprint density at radius 1 is 1.08 bits per heavy atom. The predicted octanol–water partition coefficient (Wildman–Crippen LogP) is 4.80. The van der Waals surface area contributed by atoms with Crippen LogP contribution in [0.1, 0.15) is 51.3 Å². The Morgan fingerprint density at radius 3 is 2.50 bits per heavy atom. The molecule has 4 heteroatoms. The smallest absolute Gasteiger partial charge is 0.228 e. The second kappa shape index (κ2) is 9.26. The summed E-state index contributed by atoms with van der Waals surface area (Å²) in [4.78, 5) is 11.7. The summed E-state index contributed by atoms with van der Waals surface area (Å²) in [5, 5.41) is 3.44. The van der Waals surface area contributed by atoms with E-state index < -0.39 is 0 Å². The van der Waals surface area contributed by atoms with Crippen molar-refractivity contribution in [2.75, 3.05) is 16.8 Å². The minimum absolute atomic E-state index is 0.333. The Hall–Kier alpha value is -2.10. The molecule has 0 atom stereocenters. The Bertz CT molecular complexity index is 610. The molecule has 1 aromatic heterocycles. The van der Waals surface area contributed by atoms with Gasteiger partial charge in [0.25, 0.3) is 0 Å². The van der Waals surface area contributed by atoms with Gasteiger partial charge in [-0.3, -0.25) is 0 Å². The number of hydrogen-bond donors (Lipinski definition) is 1. The van der Waals surface area contributed by atoms with Gasteiger partial charge in [0.15, 0.2) is 0 Å². The molecule has 0 aliphatic rings. The van der Waals surface area contributed by atoms with Gasteiger partial charge in [-0.05, 0) is 32.8 Å². The first-order valence-electron chi connectivity index (χ1n) is 9.00. The normalized spacial score (nSPS) is 10.9. The third-order valence-corrected chi connectivity index (χ3v) is 4.00. The fraction of sp³-hybridized carbons (Fsp3) is 0.500. The van der Waals surface area contributed by atoms with Crippen LogP contribution >= 0.6 is 0 Å². The van der Waals surface area contributed by atoms with E-state index in [1.165, 1.54) is 24.8 Å². The zero-order valence-corrected chi connectivity index (χ0v) is 15.4. The molecule has 1 N–H and O–H groups in total. The number of anilines is 2. The van der Waals surface area contributed by atoms with E-state index in [4.69, 9.17) is 4.98 Å².